The fourth-order valence-electron chi connectivity index (χ4n) is 1.33. The summed E-state index contributed by atoms with van der Waals surface area (Å²) < 4.78 is 73.4. The van der Waals surface area contributed by atoms with Gasteiger partial charge in [0.05, 0.1) is 10.5 Å². The molecule has 1 aromatic rings. The van der Waals surface area contributed by atoms with E-state index in [-0.39, 0.29) is 6.07 Å². The van der Waals surface area contributed by atoms with Crippen LogP contribution in [0.4, 0.5) is 37.7 Å². The maximum atomic E-state index is 12.4. The molecule has 1 rings (SSSR count). The highest BCUT2D eigenvalue weighted by molar-refractivity contribution is 5.63. The van der Waals surface area contributed by atoms with Gasteiger partial charge < -0.3 is 10.4 Å². The van der Waals surface area contributed by atoms with E-state index in [1.54, 1.807) is 0 Å². The van der Waals surface area contributed by atoms with E-state index in [1.807, 2.05) is 5.32 Å². The first kappa shape index (κ1) is 17.0. The van der Waals surface area contributed by atoms with Gasteiger partial charge in [-0.2, -0.15) is 26.3 Å². The number of alkyl halides is 6. The molecule has 0 heterocycles. The average molecular weight is 318 g/mol. The molecule has 0 saturated heterocycles. The Labute approximate surface area is 113 Å². The number of nitro groups is 1. The highest BCUT2D eigenvalue weighted by Crippen LogP contribution is 2.35. The van der Waals surface area contributed by atoms with Crippen molar-refractivity contribution in [3.63, 3.8) is 0 Å². The Morgan fingerprint density at radius 2 is 1.81 bits per heavy atom. The van der Waals surface area contributed by atoms with Crippen molar-refractivity contribution in [2.24, 2.45) is 0 Å². The van der Waals surface area contributed by atoms with Crippen molar-refractivity contribution in [3.8, 4) is 0 Å². The van der Waals surface area contributed by atoms with Crippen LogP contribution in [0, 0.1) is 10.1 Å². The van der Waals surface area contributed by atoms with Gasteiger partial charge in [0.15, 0.2) is 6.10 Å². The molecule has 118 valence electrons. The van der Waals surface area contributed by atoms with Gasteiger partial charge in [0.2, 0.25) is 0 Å². The molecular weight excluding hydrogens is 310 g/mol. The molecule has 11 heteroatoms. The van der Waals surface area contributed by atoms with Crippen molar-refractivity contribution in [2.75, 3.05) is 11.9 Å². The van der Waals surface area contributed by atoms with E-state index >= 15 is 0 Å². The zero-order chi connectivity index (χ0) is 16.4. The smallest absolute Gasteiger partial charge is 0.382 e. The van der Waals surface area contributed by atoms with Crippen LogP contribution in [0.25, 0.3) is 0 Å². The molecule has 21 heavy (non-hydrogen) atoms. The number of benzene rings is 1. The maximum absolute atomic E-state index is 12.4. The zero-order valence-corrected chi connectivity index (χ0v) is 10.00. The first-order chi connectivity index (χ1) is 9.43. The van der Waals surface area contributed by atoms with E-state index < -0.39 is 46.9 Å². The summed E-state index contributed by atoms with van der Waals surface area (Å²) >= 11 is 0. The van der Waals surface area contributed by atoms with Gasteiger partial charge in [0, 0.05) is 12.6 Å². The van der Waals surface area contributed by atoms with Gasteiger partial charge in [-0.1, -0.05) is 0 Å². The predicted octanol–water partition coefficient (Wildman–Crippen LogP) is 2.95. The minimum Gasteiger partial charge on any atom is -0.382 e. The molecule has 0 amide bonds. The molecule has 0 spiro atoms. The number of halogens is 6. The largest absolute Gasteiger partial charge is 0.416 e. The van der Waals surface area contributed by atoms with Gasteiger partial charge in [-0.05, 0) is 12.1 Å². The second kappa shape index (κ2) is 5.76. The molecule has 1 unspecified atom stereocenters. The molecule has 5 nitrogen and oxygen atoms in total. The summed E-state index contributed by atoms with van der Waals surface area (Å²) in [6, 6.07) is 1.31. The fourth-order valence-corrected chi connectivity index (χ4v) is 1.33. The SMILES string of the molecule is O=[N+]([O-])c1cc(C(F)(F)F)ccc1NCC(O)C(F)(F)F. The van der Waals surface area contributed by atoms with Crippen molar-refractivity contribution >= 4 is 11.4 Å². The molecule has 0 aliphatic rings. The molecule has 0 radical (unpaired) electrons. The fraction of sp³-hybridized carbons (Fsp3) is 0.400. The summed E-state index contributed by atoms with van der Waals surface area (Å²) in [6.07, 6.45) is -12.6. The Bertz CT molecular complexity index is 529. The Kier molecular flexibility index (Phi) is 4.66. The number of nitrogens with one attached hydrogen (secondary N) is 1. The number of anilines is 1. The van der Waals surface area contributed by atoms with Crippen molar-refractivity contribution in [2.45, 2.75) is 18.5 Å². The van der Waals surface area contributed by atoms with Gasteiger partial charge in [0.1, 0.15) is 5.69 Å². The van der Waals surface area contributed by atoms with E-state index in [0.717, 1.165) is 0 Å². The van der Waals surface area contributed by atoms with Crippen molar-refractivity contribution in [1.82, 2.24) is 0 Å². The number of rotatable bonds is 4. The van der Waals surface area contributed by atoms with Crippen molar-refractivity contribution in [1.29, 1.82) is 0 Å². The zero-order valence-electron chi connectivity index (χ0n) is 10.00. The summed E-state index contributed by atoms with van der Waals surface area (Å²) in [7, 11) is 0. The van der Waals surface area contributed by atoms with E-state index in [1.165, 1.54) is 0 Å². The lowest BCUT2D eigenvalue weighted by Gasteiger charge is -2.16. The van der Waals surface area contributed by atoms with Crippen LogP contribution < -0.4 is 5.32 Å². The van der Waals surface area contributed by atoms with Gasteiger partial charge in [-0.25, -0.2) is 0 Å². The molecule has 0 aliphatic carbocycles. The standard InChI is InChI=1S/C10H8F6N2O3/c11-9(12,13)5-1-2-6(7(3-5)18(20)21)17-4-8(19)10(14,15)16/h1-3,8,17,19H,4H2. The van der Waals surface area contributed by atoms with Gasteiger partial charge in [-0.3, -0.25) is 10.1 Å². The number of nitro benzene ring substituents is 1. The van der Waals surface area contributed by atoms with E-state index in [2.05, 4.69) is 0 Å². The highest BCUT2D eigenvalue weighted by Gasteiger charge is 2.38. The van der Waals surface area contributed by atoms with Crippen LogP contribution in [0.3, 0.4) is 0 Å². The minimum atomic E-state index is -4.95. The normalized spacial score (nSPS) is 13.9. The summed E-state index contributed by atoms with van der Waals surface area (Å²) in [5, 5.41) is 21.3. The molecule has 0 fully saturated rings. The highest BCUT2D eigenvalue weighted by atomic mass is 19.4. The second-order valence-corrected chi connectivity index (χ2v) is 3.93. The molecule has 2 N–H and O–H groups in total. The average Bonchev–Trinajstić information content (AvgIpc) is 2.33. The number of hydrogen-bond acceptors (Lipinski definition) is 4. The van der Waals surface area contributed by atoms with E-state index in [0.29, 0.717) is 12.1 Å². The first-order valence-corrected chi connectivity index (χ1v) is 5.27. The summed E-state index contributed by atoms with van der Waals surface area (Å²) in [5.74, 6) is 0. The third-order valence-electron chi connectivity index (χ3n) is 2.39. The van der Waals surface area contributed by atoms with Crippen LogP contribution in [0.2, 0.25) is 0 Å². The number of nitrogens with zero attached hydrogens (tertiary/aromatic N) is 1. The van der Waals surface area contributed by atoms with Crippen LogP contribution in [-0.2, 0) is 6.18 Å². The molecule has 0 aliphatic heterocycles. The lowest BCUT2D eigenvalue weighted by molar-refractivity contribution is -0.384. The van der Waals surface area contributed by atoms with Gasteiger partial charge in [-0.15, -0.1) is 0 Å². The topological polar surface area (TPSA) is 75.4 Å². The summed E-state index contributed by atoms with van der Waals surface area (Å²) in [6.45, 7) is -1.13. The third kappa shape index (κ3) is 4.48. The lowest BCUT2D eigenvalue weighted by Crippen LogP contribution is -2.35. The van der Waals surface area contributed by atoms with E-state index in [9.17, 15) is 36.5 Å². The first-order valence-electron chi connectivity index (χ1n) is 5.27. The molecule has 1 atom stereocenters. The molecule has 0 aromatic heterocycles. The van der Waals surface area contributed by atoms with Gasteiger partial charge in [0.25, 0.3) is 5.69 Å². The van der Waals surface area contributed by atoms with Crippen molar-refractivity contribution < 1.29 is 36.4 Å². The van der Waals surface area contributed by atoms with Crippen LogP contribution in [-0.4, -0.2) is 28.9 Å². The van der Waals surface area contributed by atoms with Gasteiger partial charge >= 0.3 is 12.4 Å². The van der Waals surface area contributed by atoms with Crippen LogP contribution in [0.5, 0.6) is 0 Å². The number of hydrogen-bond donors (Lipinski definition) is 2. The third-order valence-corrected chi connectivity index (χ3v) is 2.39. The minimum absolute atomic E-state index is 0.197. The molecule has 0 bridgehead atoms. The maximum Gasteiger partial charge on any atom is 0.416 e. The second-order valence-electron chi connectivity index (χ2n) is 3.93. The Hall–Kier alpha value is -2.04. The Morgan fingerprint density at radius 1 is 1.24 bits per heavy atom. The Balaban J connectivity index is 3.01. The lowest BCUT2D eigenvalue weighted by atomic mass is 10.1. The quantitative estimate of drug-likeness (QED) is 0.508. The molecular formula is C10H8F6N2O3. The predicted molar refractivity (Wildman–Crippen MR) is 58.6 cm³/mol. The van der Waals surface area contributed by atoms with Crippen molar-refractivity contribution in [3.05, 3.63) is 33.9 Å². The van der Waals surface area contributed by atoms with Crippen LogP contribution >= 0.6 is 0 Å². The molecule has 1 aromatic carbocycles. The van der Waals surface area contributed by atoms with Crippen LogP contribution in [0.1, 0.15) is 5.56 Å². The number of aliphatic hydroxyl groups excluding tert-OH is 1. The van der Waals surface area contributed by atoms with Crippen LogP contribution in [0.15, 0.2) is 18.2 Å². The summed E-state index contributed by atoms with van der Waals surface area (Å²) in [4.78, 5) is 9.49. The Morgan fingerprint density at radius 3 is 2.24 bits per heavy atom. The van der Waals surface area contributed by atoms with E-state index in [4.69, 9.17) is 5.11 Å². The number of aliphatic hydroxyl groups is 1. The molecule has 0 saturated carbocycles. The summed E-state index contributed by atoms with van der Waals surface area (Å²) in [5.41, 5.74) is -2.91. The monoisotopic (exact) mass is 318 g/mol.